The summed E-state index contributed by atoms with van der Waals surface area (Å²) in [6.07, 6.45) is 13.5. The second-order valence-electron chi connectivity index (χ2n) is 6.13. The van der Waals surface area contributed by atoms with E-state index in [9.17, 15) is 4.79 Å². The fraction of sp³-hybridized carbons (Fsp3) is 0.474. The monoisotopic (exact) mass is 401 g/mol. The third-order valence-corrected chi connectivity index (χ3v) is 3.96. The first kappa shape index (κ1) is 21.0. The van der Waals surface area contributed by atoms with Crippen LogP contribution in [-0.2, 0) is 39.3 Å². The van der Waals surface area contributed by atoms with Crippen molar-refractivity contribution >= 4 is 5.91 Å². The van der Waals surface area contributed by atoms with Gasteiger partial charge in [-0.25, -0.2) is 0 Å². The van der Waals surface area contributed by atoms with Gasteiger partial charge in [0.1, 0.15) is 5.69 Å². The van der Waals surface area contributed by atoms with Crippen LogP contribution in [0.4, 0.5) is 0 Å². The standard InChI is InChI=1S/C19H26N3O.Y/c1-5-6-7-8-17(15(2)3)10-9-16(4)21-13-14-22-18(19(21)23)11-12-20-22;/h7-9,11-12,15H,5-6,13-14H2,1-4H3;/q-1;/b8-7+,16-9+;. The van der Waals surface area contributed by atoms with E-state index in [0.29, 0.717) is 18.2 Å². The molecule has 4 nitrogen and oxygen atoms in total. The fourth-order valence-electron chi connectivity index (χ4n) is 2.51. The minimum absolute atomic E-state index is 0. The van der Waals surface area contributed by atoms with Gasteiger partial charge in [-0.1, -0.05) is 39.8 Å². The van der Waals surface area contributed by atoms with Gasteiger partial charge in [0.05, 0.1) is 6.54 Å². The molecule has 5 heteroatoms. The molecule has 0 bridgehead atoms. The van der Waals surface area contributed by atoms with Crippen molar-refractivity contribution in [3.05, 3.63) is 53.5 Å². The van der Waals surface area contributed by atoms with E-state index in [0.717, 1.165) is 30.7 Å². The summed E-state index contributed by atoms with van der Waals surface area (Å²) < 4.78 is 1.76. The third kappa shape index (κ3) is 5.25. The van der Waals surface area contributed by atoms with Crippen LogP contribution in [0.1, 0.15) is 51.0 Å². The molecular weight excluding hydrogens is 375 g/mol. The summed E-state index contributed by atoms with van der Waals surface area (Å²) in [5, 5.41) is 4.16. The Balaban J connectivity index is 0.00000288. The SMILES string of the molecule is CCC/C=C/C(=[C-]/C=C(\C)N1CCn2nccc2C1=O)C(C)C.[Y]. The Hall–Kier alpha value is -0.996. The van der Waals surface area contributed by atoms with E-state index in [1.54, 1.807) is 21.8 Å². The average molecular weight is 401 g/mol. The van der Waals surface area contributed by atoms with Crippen molar-refractivity contribution in [1.29, 1.82) is 0 Å². The molecule has 0 unspecified atom stereocenters. The molecule has 0 aliphatic carbocycles. The van der Waals surface area contributed by atoms with Crippen molar-refractivity contribution in [3.8, 4) is 0 Å². The Morgan fingerprint density at radius 3 is 2.83 bits per heavy atom. The van der Waals surface area contributed by atoms with E-state index in [1.165, 1.54) is 0 Å². The summed E-state index contributed by atoms with van der Waals surface area (Å²) >= 11 is 0. The minimum atomic E-state index is 0. The smallest absolute Gasteiger partial charge is 0.265 e. The van der Waals surface area contributed by atoms with E-state index in [4.69, 9.17) is 0 Å². The van der Waals surface area contributed by atoms with Crippen LogP contribution in [0.5, 0.6) is 0 Å². The van der Waals surface area contributed by atoms with Crippen molar-refractivity contribution < 1.29 is 37.5 Å². The number of unbranched alkanes of at least 4 members (excludes halogenated alkanes) is 1. The molecule has 127 valence electrons. The summed E-state index contributed by atoms with van der Waals surface area (Å²) in [5.41, 5.74) is 2.73. The van der Waals surface area contributed by atoms with E-state index in [2.05, 4.69) is 44.1 Å². The van der Waals surface area contributed by atoms with Crippen LogP contribution in [0.15, 0.2) is 41.8 Å². The average Bonchev–Trinajstić information content (AvgIpc) is 3.00. The largest absolute Gasteiger partial charge is 0.362 e. The Bertz CT molecular complexity index is 641. The number of allylic oxidation sites excluding steroid dienone is 6. The van der Waals surface area contributed by atoms with Crippen LogP contribution in [0.3, 0.4) is 0 Å². The first-order valence-corrected chi connectivity index (χ1v) is 8.35. The second kappa shape index (κ2) is 10.1. The zero-order valence-corrected chi connectivity index (χ0v) is 18.0. The normalized spacial score (nSPS) is 15.9. The Morgan fingerprint density at radius 2 is 2.17 bits per heavy atom. The van der Waals surface area contributed by atoms with E-state index in [1.807, 2.05) is 13.0 Å². The number of aromatic nitrogens is 2. The summed E-state index contributed by atoms with van der Waals surface area (Å²) in [4.78, 5) is 14.3. The van der Waals surface area contributed by atoms with E-state index in [-0.39, 0.29) is 38.6 Å². The molecule has 1 radical (unpaired) electrons. The zero-order valence-electron chi connectivity index (χ0n) is 15.1. The molecule has 2 rings (SSSR count). The molecule has 1 amide bonds. The third-order valence-electron chi connectivity index (χ3n) is 3.96. The molecular formula is C19H26N3OY-. The molecule has 24 heavy (non-hydrogen) atoms. The number of rotatable bonds is 6. The molecule has 0 fully saturated rings. The molecule has 1 aliphatic rings. The quantitative estimate of drug-likeness (QED) is 0.534. The van der Waals surface area contributed by atoms with Crippen LogP contribution in [-0.4, -0.2) is 27.1 Å². The molecule has 2 heterocycles. The summed E-state index contributed by atoms with van der Waals surface area (Å²) in [6, 6.07) is 1.77. The molecule has 1 aromatic heterocycles. The Labute approximate surface area is 170 Å². The fourth-order valence-corrected chi connectivity index (χ4v) is 2.51. The molecule has 0 spiro atoms. The van der Waals surface area contributed by atoms with Crippen molar-refractivity contribution in [2.24, 2.45) is 5.92 Å². The van der Waals surface area contributed by atoms with Gasteiger partial charge in [-0.15, -0.1) is 6.08 Å². The van der Waals surface area contributed by atoms with Crippen molar-refractivity contribution in [2.75, 3.05) is 6.54 Å². The maximum Gasteiger partial charge on any atom is 0.265 e. The Morgan fingerprint density at radius 1 is 1.42 bits per heavy atom. The number of amides is 1. The molecule has 0 atom stereocenters. The number of fused-ring (bicyclic) bond motifs is 1. The predicted octanol–water partition coefficient (Wildman–Crippen LogP) is 3.98. The van der Waals surface area contributed by atoms with Gasteiger partial charge in [-0.05, 0) is 18.4 Å². The van der Waals surface area contributed by atoms with Gasteiger partial charge < -0.3 is 4.90 Å². The van der Waals surface area contributed by atoms with Crippen molar-refractivity contribution in [2.45, 2.75) is 47.1 Å². The van der Waals surface area contributed by atoms with Gasteiger partial charge in [-0.2, -0.15) is 28.9 Å². The summed E-state index contributed by atoms with van der Waals surface area (Å²) in [5.74, 6) is 0.419. The summed E-state index contributed by atoms with van der Waals surface area (Å²) in [6.45, 7) is 9.84. The van der Waals surface area contributed by atoms with Gasteiger partial charge in [0, 0.05) is 45.5 Å². The maximum atomic E-state index is 12.5. The molecule has 0 saturated carbocycles. The minimum Gasteiger partial charge on any atom is -0.362 e. The molecule has 1 aromatic rings. The van der Waals surface area contributed by atoms with Gasteiger partial charge in [-0.3, -0.25) is 9.48 Å². The molecule has 0 N–H and O–H groups in total. The van der Waals surface area contributed by atoms with Crippen LogP contribution in [0, 0.1) is 12.0 Å². The van der Waals surface area contributed by atoms with Crippen LogP contribution in [0.2, 0.25) is 0 Å². The van der Waals surface area contributed by atoms with E-state index < -0.39 is 0 Å². The van der Waals surface area contributed by atoms with Gasteiger partial charge in [0.2, 0.25) is 0 Å². The predicted molar refractivity (Wildman–Crippen MR) is 92.7 cm³/mol. The van der Waals surface area contributed by atoms with Crippen LogP contribution >= 0.6 is 0 Å². The number of nitrogens with zero attached hydrogens (tertiary/aromatic N) is 3. The molecule has 0 saturated heterocycles. The maximum absolute atomic E-state index is 12.5. The number of hydrogen-bond donors (Lipinski definition) is 0. The van der Waals surface area contributed by atoms with Crippen LogP contribution < -0.4 is 0 Å². The molecule has 0 aromatic carbocycles. The molecule has 1 aliphatic heterocycles. The second-order valence-corrected chi connectivity index (χ2v) is 6.13. The number of carbonyl (C=O) groups excluding carboxylic acids is 1. The van der Waals surface area contributed by atoms with Gasteiger partial charge >= 0.3 is 0 Å². The first-order chi connectivity index (χ1) is 11.0. The Kier molecular flexibility index (Phi) is 8.86. The number of hydrogen-bond acceptors (Lipinski definition) is 2. The number of carbonyl (C=O) groups is 1. The van der Waals surface area contributed by atoms with Gasteiger partial charge in [0.15, 0.2) is 0 Å². The van der Waals surface area contributed by atoms with Crippen molar-refractivity contribution in [1.82, 2.24) is 14.7 Å². The van der Waals surface area contributed by atoms with Crippen LogP contribution in [0.25, 0.3) is 0 Å². The van der Waals surface area contributed by atoms with Crippen molar-refractivity contribution in [3.63, 3.8) is 0 Å². The first-order valence-electron chi connectivity index (χ1n) is 8.35. The topological polar surface area (TPSA) is 38.1 Å². The zero-order chi connectivity index (χ0) is 16.8. The summed E-state index contributed by atoms with van der Waals surface area (Å²) in [7, 11) is 0. The van der Waals surface area contributed by atoms with E-state index >= 15 is 0 Å². The van der Waals surface area contributed by atoms with Gasteiger partial charge in [0.25, 0.3) is 5.91 Å².